The maximum Gasteiger partial charge on any atom is 0.490 e. The third kappa shape index (κ3) is 14.4. The highest BCUT2D eigenvalue weighted by Gasteiger charge is 2.55. The van der Waals surface area contributed by atoms with E-state index in [1.165, 1.54) is 6.92 Å². The van der Waals surface area contributed by atoms with Crippen molar-refractivity contribution in [3.63, 3.8) is 0 Å². The third-order valence-corrected chi connectivity index (χ3v) is 0.863. The van der Waals surface area contributed by atoms with E-state index >= 15 is 0 Å². The molecule has 0 aromatic carbocycles. The summed E-state index contributed by atoms with van der Waals surface area (Å²) in [5.74, 6) is -2.76. The van der Waals surface area contributed by atoms with Gasteiger partial charge in [-0.05, 0) is 0 Å². The van der Waals surface area contributed by atoms with Crippen LogP contribution in [0.4, 0.5) is 39.5 Å². The molecule has 0 aromatic heterocycles. The van der Waals surface area contributed by atoms with E-state index in [0.29, 0.717) is 0 Å². The summed E-state index contributed by atoms with van der Waals surface area (Å²) >= 11 is 0. The lowest BCUT2D eigenvalue weighted by atomic mass is 10.3. The number of nitriles is 1. The van der Waals surface area contributed by atoms with E-state index < -0.39 is 30.6 Å². The number of carbonyl (C=O) groups is 1. The lowest BCUT2D eigenvalue weighted by Crippen LogP contribution is -2.41. The van der Waals surface area contributed by atoms with E-state index in [1.807, 2.05) is 0 Å². The van der Waals surface area contributed by atoms with Crippen molar-refractivity contribution >= 4 is 5.97 Å². The molecule has 0 aromatic rings. The van der Waals surface area contributed by atoms with Crippen molar-refractivity contribution in [2.45, 2.75) is 31.6 Å². The molecule has 0 aliphatic heterocycles. The number of carboxylic acids is 1. The third-order valence-electron chi connectivity index (χ3n) is 0.863. The van der Waals surface area contributed by atoms with Crippen LogP contribution in [0.2, 0.25) is 0 Å². The van der Waals surface area contributed by atoms with Crippen molar-refractivity contribution < 1.29 is 54.5 Å². The second-order valence-electron chi connectivity index (χ2n) is 2.51. The van der Waals surface area contributed by atoms with Crippen molar-refractivity contribution in [2.75, 3.05) is 0 Å². The van der Waals surface area contributed by atoms with E-state index in [9.17, 15) is 39.5 Å². The van der Waals surface area contributed by atoms with Crippen molar-refractivity contribution in [3.8, 4) is 6.07 Å². The average Bonchev–Trinajstić information content (AvgIpc) is 2.14. The van der Waals surface area contributed by atoms with E-state index in [1.54, 1.807) is 6.07 Å². The van der Waals surface area contributed by atoms with Gasteiger partial charge in [0.15, 0.2) is 0 Å². The Morgan fingerprint density at radius 3 is 1.15 bits per heavy atom. The molecule has 120 valence electrons. The second kappa shape index (κ2) is 8.46. The smallest absolute Gasteiger partial charge is 0.475 e. The summed E-state index contributed by atoms with van der Waals surface area (Å²) in [6.45, 7) is 1.43. The zero-order chi connectivity index (χ0) is 17.4. The summed E-state index contributed by atoms with van der Waals surface area (Å²) in [4.78, 5) is 8.90. The molecule has 20 heavy (non-hydrogen) atoms. The fourth-order valence-electron chi connectivity index (χ4n) is 0.186. The summed E-state index contributed by atoms with van der Waals surface area (Å²) < 4.78 is 97.6. The number of nitrogens with zero attached hydrogens (tertiary/aromatic N) is 1. The number of hydrogen-bond donors (Lipinski definition) is 2. The summed E-state index contributed by atoms with van der Waals surface area (Å²) in [7, 11) is 0. The lowest BCUT2D eigenvalue weighted by molar-refractivity contribution is -0.308. The monoisotopic (exact) mass is 323 g/mol. The minimum atomic E-state index is -5.63. The molecule has 4 nitrogen and oxygen atoms in total. The van der Waals surface area contributed by atoms with Crippen molar-refractivity contribution in [1.29, 1.82) is 5.26 Å². The van der Waals surface area contributed by atoms with Gasteiger partial charge in [0.05, 0.1) is 6.07 Å². The molecule has 0 atom stereocenters. The quantitative estimate of drug-likeness (QED) is 0.672. The predicted molar refractivity (Wildman–Crippen MR) is 43.1 cm³/mol. The van der Waals surface area contributed by atoms with Crippen LogP contribution in [0.25, 0.3) is 0 Å². The van der Waals surface area contributed by atoms with E-state index in [4.69, 9.17) is 20.3 Å². The van der Waals surface area contributed by atoms with Gasteiger partial charge in [-0.15, -0.1) is 0 Å². The Morgan fingerprint density at radius 2 is 1.15 bits per heavy atom. The highest BCUT2D eigenvalue weighted by atomic mass is 19.4. The van der Waals surface area contributed by atoms with Gasteiger partial charge in [0.1, 0.15) is 0 Å². The largest absolute Gasteiger partial charge is 0.490 e. The zero-order valence-electron chi connectivity index (χ0n) is 9.23. The minimum Gasteiger partial charge on any atom is -0.475 e. The van der Waals surface area contributed by atoms with Gasteiger partial charge in [0.25, 0.3) is 0 Å². The first kappa shape index (κ1) is 23.4. The van der Waals surface area contributed by atoms with Crippen molar-refractivity contribution in [2.24, 2.45) is 0 Å². The molecule has 0 aliphatic carbocycles. The van der Waals surface area contributed by atoms with Crippen LogP contribution < -0.4 is 0 Å². The minimum absolute atomic E-state index is 1.43. The zero-order valence-corrected chi connectivity index (χ0v) is 9.23. The predicted octanol–water partition coefficient (Wildman–Crippen LogP) is 2.64. The Hall–Kier alpha value is -1.71. The maximum atomic E-state index is 11.0. The Kier molecular flexibility index (Phi) is 9.89. The molecule has 0 bridgehead atoms. The summed E-state index contributed by atoms with van der Waals surface area (Å²) in [5.41, 5.74) is 0. The molecule has 13 heteroatoms. The van der Waals surface area contributed by atoms with Gasteiger partial charge in [0, 0.05) is 6.92 Å². The van der Waals surface area contributed by atoms with Crippen LogP contribution >= 0.6 is 0 Å². The van der Waals surface area contributed by atoms with Crippen LogP contribution in [0.5, 0.6) is 0 Å². The van der Waals surface area contributed by atoms with E-state index in [2.05, 4.69) is 0 Å². The molecule has 0 amide bonds. The normalized spacial score (nSPS) is 11.6. The Bertz CT molecular complexity index is 310. The molecule has 0 saturated heterocycles. The van der Waals surface area contributed by atoms with Crippen LogP contribution in [0.15, 0.2) is 0 Å². The van der Waals surface area contributed by atoms with Crippen LogP contribution in [0, 0.1) is 11.3 Å². The number of carboxylic acid groups (broad SMARTS) is 1. The topological polar surface area (TPSA) is 81.3 Å². The molecule has 0 unspecified atom stereocenters. The lowest BCUT2D eigenvalue weighted by Gasteiger charge is -2.16. The van der Waals surface area contributed by atoms with Gasteiger partial charge in [0.2, 0.25) is 6.10 Å². The standard InChI is InChI=1S/C3H2F6O.C2HF3O2.C2H3N/c4-2(5,6)1(10)3(7,8)9;3-2(4,5)1(6)7;1-2-3/h1,10H;(H,6,7);1H3. The number of aliphatic carboxylic acids is 1. The maximum absolute atomic E-state index is 11.0. The molecular formula is C7H6F9NO3. The first-order chi connectivity index (χ1) is 8.51. The molecule has 0 saturated carbocycles. The molecule has 0 rings (SSSR count). The fraction of sp³-hybridized carbons (Fsp3) is 0.714. The van der Waals surface area contributed by atoms with Gasteiger partial charge in [-0.3, -0.25) is 0 Å². The van der Waals surface area contributed by atoms with Gasteiger partial charge in [-0.1, -0.05) is 0 Å². The van der Waals surface area contributed by atoms with Crippen LogP contribution in [-0.4, -0.2) is 40.8 Å². The number of alkyl halides is 9. The average molecular weight is 323 g/mol. The van der Waals surface area contributed by atoms with E-state index in [-0.39, 0.29) is 0 Å². The van der Waals surface area contributed by atoms with Gasteiger partial charge < -0.3 is 10.2 Å². The molecule has 0 fully saturated rings. The second-order valence-corrected chi connectivity index (χ2v) is 2.51. The Labute approximate surface area is 105 Å². The molecule has 2 N–H and O–H groups in total. The Balaban J connectivity index is -0.000000251. The molecule has 0 aliphatic rings. The number of aliphatic hydroxyl groups is 1. The molecular weight excluding hydrogens is 317 g/mol. The van der Waals surface area contributed by atoms with Gasteiger partial charge >= 0.3 is 24.5 Å². The highest BCUT2D eigenvalue weighted by Crippen LogP contribution is 2.32. The highest BCUT2D eigenvalue weighted by molar-refractivity contribution is 5.73. The number of aliphatic hydroxyl groups excluding tert-OH is 1. The SMILES string of the molecule is CC#N.O=C(O)C(F)(F)F.OC(C(F)(F)F)C(F)(F)F. The summed E-state index contributed by atoms with van der Waals surface area (Å²) in [5, 5.41) is 21.9. The Morgan fingerprint density at radius 1 is 1.00 bits per heavy atom. The van der Waals surface area contributed by atoms with Crippen LogP contribution in [-0.2, 0) is 4.79 Å². The van der Waals surface area contributed by atoms with Gasteiger partial charge in [-0.25, -0.2) is 4.79 Å². The first-order valence-electron chi connectivity index (χ1n) is 3.94. The van der Waals surface area contributed by atoms with E-state index in [0.717, 1.165) is 0 Å². The van der Waals surface area contributed by atoms with Crippen LogP contribution in [0.1, 0.15) is 6.92 Å². The summed E-state index contributed by atoms with van der Waals surface area (Å²) in [6, 6.07) is 1.75. The molecule has 0 heterocycles. The number of halogens is 9. The van der Waals surface area contributed by atoms with Crippen molar-refractivity contribution in [1.82, 2.24) is 0 Å². The summed E-state index contributed by atoms with van der Waals surface area (Å²) in [6.07, 6.45) is -20.6. The molecule has 0 radical (unpaired) electrons. The first-order valence-corrected chi connectivity index (χ1v) is 3.94. The number of rotatable bonds is 0. The fourth-order valence-corrected chi connectivity index (χ4v) is 0.186. The molecule has 0 spiro atoms. The number of hydrogen-bond acceptors (Lipinski definition) is 3. The van der Waals surface area contributed by atoms with Gasteiger partial charge in [-0.2, -0.15) is 44.8 Å². The van der Waals surface area contributed by atoms with Crippen molar-refractivity contribution in [3.05, 3.63) is 0 Å². The van der Waals surface area contributed by atoms with Crippen LogP contribution in [0.3, 0.4) is 0 Å².